The number of nitrogens with zero attached hydrogens (tertiary/aromatic N) is 3. The van der Waals surface area contributed by atoms with Crippen molar-refractivity contribution in [3.05, 3.63) is 60.2 Å². The minimum Gasteiger partial charge on any atom is -0.493 e. The van der Waals surface area contributed by atoms with Gasteiger partial charge >= 0.3 is 0 Å². The molecular weight excluding hydrogens is 402 g/mol. The van der Waals surface area contributed by atoms with Gasteiger partial charge in [0.25, 0.3) is 0 Å². The van der Waals surface area contributed by atoms with Crippen molar-refractivity contribution in [1.29, 1.82) is 0 Å². The number of rotatable bonds is 12. The third-order valence-electron chi connectivity index (χ3n) is 5.42. The van der Waals surface area contributed by atoms with Crippen LogP contribution in [-0.4, -0.2) is 46.1 Å². The minimum absolute atomic E-state index is 0.345. The molecule has 6 nitrogen and oxygen atoms in total. The van der Waals surface area contributed by atoms with Crippen LogP contribution in [0.5, 0.6) is 17.4 Å². The van der Waals surface area contributed by atoms with E-state index in [1.165, 1.54) is 0 Å². The molecule has 0 aliphatic carbocycles. The van der Waals surface area contributed by atoms with Crippen molar-refractivity contribution in [2.45, 2.75) is 45.8 Å². The van der Waals surface area contributed by atoms with Crippen molar-refractivity contribution in [1.82, 2.24) is 14.7 Å². The Bertz CT molecular complexity index is 972. The Morgan fingerprint density at radius 1 is 1.00 bits per heavy atom. The van der Waals surface area contributed by atoms with E-state index in [-0.39, 0.29) is 6.10 Å². The molecule has 0 saturated heterocycles. The molecule has 0 amide bonds. The fourth-order valence-corrected chi connectivity index (χ4v) is 3.96. The topological polar surface area (TPSA) is 59.8 Å². The summed E-state index contributed by atoms with van der Waals surface area (Å²) in [5, 5.41) is 15.3. The van der Waals surface area contributed by atoms with Crippen LogP contribution in [0.3, 0.4) is 0 Å². The summed E-state index contributed by atoms with van der Waals surface area (Å²) in [5.74, 6) is 2.00. The molecule has 2 aromatic carbocycles. The second-order valence-electron chi connectivity index (χ2n) is 8.05. The smallest absolute Gasteiger partial charge is 0.222 e. The lowest BCUT2D eigenvalue weighted by molar-refractivity contribution is 0.100. The van der Waals surface area contributed by atoms with Crippen LogP contribution in [0.2, 0.25) is 0 Å². The summed E-state index contributed by atoms with van der Waals surface area (Å²) >= 11 is 0. The van der Waals surface area contributed by atoms with Gasteiger partial charge in [-0.15, -0.1) is 0 Å². The van der Waals surface area contributed by atoms with Crippen molar-refractivity contribution in [3.8, 4) is 28.6 Å². The van der Waals surface area contributed by atoms with E-state index >= 15 is 0 Å². The third-order valence-corrected chi connectivity index (χ3v) is 5.42. The van der Waals surface area contributed by atoms with Gasteiger partial charge in [0, 0.05) is 25.7 Å². The Labute approximate surface area is 191 Å². The van der Waals surface area contributed by atoms with E-state index in [1.807, 2.05) is 49.5 Å². The first-order chi connectivity index (χ1) is 15.6. The Hall–Kier alpha value is -2.83. The largest absolute Gasteiger partial charge is 0.493 e. The molecule has 1 N–H and O–H groups in total. The Morgan fingerprint density at radius 2 is 1.69 bits per heavy atom. The van der Waals surface area contributed by atoms with Crippen molar-refractivity contribution in [2.24, 2.45) is 7.05 Å². The SMILES string of the molecule is CCC[C@H](O)CN(CCC)Cc1c(-c2ccccc2)nn(C)c1Oc1ccccc1OC. The zero-order valence-electron chi connectivity index (χ0n) is 19.6. The normalized spacial score (nSPS) is 12.2. The molecule has 0 aliphatic heterocycles. The number of para-hydroxylation sites is 2. The third kappa shape index (κ3) is 5.90. The van der Waals surface area contributed by atoms with Gasteiger partial charge in [-0.05, 0) is 31.5 Å². The van der Waals surface area contributed by atoms with Gasteiger partial charge in [-0.3, -0.25) is 4.90 Å². The highest BCUT2D eigenvalue weighted by atomic mass is 16.5. The highest BCUT2D eigenvalue weighted by Crippen LogP contribution is 2.37. The zero-order valence-corrected chi connectivity index (χ0v) is 19.6. The lowest BCUT2D eigenvalue weighted by Crippen LogP contribution is -2.32. The molecule has 1 heterocycles. The van der Waals surface area contributed by atoms with E-state index in [0.717, 1.165) is 42.6 Å². The van der Waals surface area contributed by atoms with Gasteiger partial charge in [0.05, 0.1) is 18.8 Å². The molecular formula is C26H35N3O3. The number of benzene rings is 2. The van der Waals surface area contributed by atoms with E-state index < -0.39 is 0 Å². The van der Waals surface area contributed by atoms with Crippen molar-refractivity contribution in [3.63, 3.8) is 0 Å². The Balaban J connectivity index is 2.02. The lowest BCUT2D eigenvalue weighted by Gasteiger charge is -2.25. The van der Waals surface area contributed by atoms with Crippen LogP contribution in [-0.2, 0) is 13.6 Å². The number of methoxy groups -OCH3 is 1. The predicted molar refractivity (Wildman–Crippen MR) is 128 cm³/mol. The first-order valence-corrected chi connectivity index (χ1v) is 11.4. The first kappa shape index (κ1) is 23.8. The summed E-state index contributed by atoms with van der Waals surface area (Å²) in [6.07, 6.45) is 2.42. The fourth-order valence-electron chi connectivity index (χ4n) is 3.96. The number of hydrogen-bond donors (Lipinski definition) is 1. The van der Waals surface area contributed by atoms with E-state index in [4.69, 9.17) is 14.6 Å². The number of ether oxygens (including phenoxy) is 2. The maximum Gasteiger partial charge on any atom is 0.222 e. The minimum atomic E-state index is -0.345. The van der Waals surface area contributed by atoms with Crippen LogP contribution < -0.4 is 9.47 Å². The summed E-state index contributed by atoms with van der Waals surface area (Å²) in [7, 11) is 3.54. The Morgan fingerprint density at radius 3 is 2.34 bits per heavy atom. The van der Waals surface area contributed by atoms with Crippen molar-refractivity contribution >= 4 is 0 Å². The molecule has 0 saturated carbocycles. The average molecular weight is 438 g/mol. The molecule has 3 rings (SSSR count). The molecule has 3 aromatic rings. The molecule has 0 spiro atoms. The molecule has 32 heavy (non-hydrogen) atoms. The van der Waals surface area contributed by atoms with Gasteiger partial charge in [0.1, 0.15) is 5.69 Å². The van der Waals surface area contributed by atoms with Gasteiger partial charge in [-0.25, -0.2) is 4.68 Å². The molecule has 0 fully saturated rings. The highest BCUT2D eigenvalue weighted by molar-refractivity contribution is 5.65. The van der Waals surface area contributed by atoms with Crippen LogP contribution in [0.4, 0.5) is 0 Å². The summed E-state index contributed by atoms with van der Waals surface area (Å²) in [4.78, 5) is 2.29. The predicted octanol–water partition coefficient (Wildman–Crippen LogP) is 5.26. The highest BCUT2D eigenvalue weighted by Gasteiger charge is 2.23. The van der Waals surface area contributed by atoms with E-state index in [9.17, 15) is 5.11 Å². The van der Waals surface area contributed by atoms with Gasteiger partial charge in [0.15, 0.2) is 11.5 Å². The van der Waals surface area contributed by atoms with Crippen LogP contribution >= 0.6 is 0 Å². The second kappa shape index (κ2) is 11.7. The van der Waals surface area contributed by atoms with E-state index in [0.29, 0.717) is 30.5 Å². The molecule has 0 unspecified atom stereocenters. The molecule has 0 bridgehead atoms. The lowest BCUT2D eigenvalue weighted by atomic mass is 10.1. The van der Waals surface area contributed by atoms with Crippen LogP contribution in [0.25, 0.3) is 11.3 Å². The van der Waals surface area contributed by atoms with Gasteiger partial charge in [0.2, 0.25) is 5.88 Å². The van der Waals surface area contributed by atoms with Crippen molar-refractivity contribution in [2.75, 3.05) is 20.2 Å². The fraction of sp³-hybridized carbons (Fsp3) is 0.423. The molecule has 172 valence electrons. The number of aromatic nitrogens is 2. The molecule has 0 radical (unpaired) electrons. The van der Waals surface area contributed by atoms with Gasteiger partial charge in [-0.1, -0.05) is 62.7 Å². The maximum atomic E-state index is 10.5. The maximum absolute atomic E-state index is 10.5. The molecule has 6 heteroatoms. The van der Waals surface area contributed by atoms with Crippen LogP contribution in [0, 0.1) is 0 Å². The summed E-state index contributed by atoms with van der Waals surface area (Å²) < 4.78 is 13.7. The molecule has 1 atom stereocenters. The number of aryl methyl sites for hydroxylation is 1. The number of aliphatic hydroxyl groups excluding tert-OH is 1. The Kier molecular flexibility index (Phi) is 8.71. The van der Waals surface area contributed by atoms with Gasteiger partial charge < -0.3 is 14.6 Å². The zero-order chi connectivity index (χ0) is 22.9. The van der Waals surface area contributed by atoms with E-state index in [2.05, 4.69) is 30.9 Å². The van der Waals surface area contributed by atoms with Crippen LogP contribution in [0.15, 0.2) is 54.6 Å². The summed E-state index contributed by atoms with van der Waals surface area (Å²) in [5.41, 5.74) is 2.93. The standard InChI is InChI=1S/C26H35N3O3/c1-5-12-21(30)18-29(17-6-2)19-22-25(20-13-8-7-9-14-20)27-28(3)26(22)32-24-16-11-10-15-23(24)31-4/h7-11,13-16,21,30H,5-6,12,17-19H2,1-4H3/t21-/m0/s1. The average Bonchev–Trinajstić information content (AvgIpc) is 3.10. The molecule has 0 aliphatic rings. The van der Waals surface area contributed by atoms with Crippen LogP contribution in [0.1, 0.15) is 38.7 Å². The summed E-state index contributed by atoms with van der Waals surface area (Å²) in [6.45, 7) is 6.40. The monoisotopic (exact) mass is 437 g/mol. The van der Waals surface area contributed by atoms with Gasteiger partial charge in [-0.2, -0.15) is 5.10 Å². The quantitative estimate of drug-likeness (QED) is 0.419. The second-order valence-corrected chi connectivity index (χ2v) is 8.05. The first-order valence-electron chi connectivity index (χ1n) is 11.4. The number of hydrogen-bond acceptors (Lipinski definition) is 5. The summed E-state index contributed by atoms with van der Waals surface area (Å²) in [6, 6.07) is 17.8. The van der Waals surface area contributed by atoms with Crippen molar-refractivity contribution < 1.29 is 14.6 Å². The number of aliphatic hydroxyl groups is 1. The molecule has 1 aromatic heterocycles. The van der Waals surface area contributed by atoms with E-state index in [1.54, 1.807) is 11.8 Å².